The Morgan fingerprint density at radius 3 is 2.62 bits per heavy atom. The van der Waals surface area contributed by atoms with Gasteiger partial charge in [0.05, 0.1) is 6.61 Å². The molecule has 1 N–H and O–H groups in total. The van der Waals surface area contributed by atoms with Crippen LogP contribution in [-0.4, -0.2) is 35.6 Å². The first kappa shape index (κ1) is 20.9. The number of rotatable bonds is 8. The third kappa shape index (κ3) is 4.96. The van der Waals surface area contributed by atoms with Crippen LogP contribution in [-0.2, 0) is 11.2 Å². The normalized spacial score (nSPS) is 12.9. The number of carbonyl (C=O) groups is 1. The van der Waals surface area contributed by atoms with Gasteiger partial charge in [0.2, 0.25) is 5.91 Å². The number of hydrogen-bond acceptors (Lipinski definition) is 3. The summed E-state index contributed by atoms with van der Waals surface area (Å²) in [5.74, 6) is 0.968. The molecule has 1 heterocycles. The standard InChI is InChI=1S/C25H29NO3/c1-4-26(13-14-27)24(28)16-19(3)23-17-22-12-8-11-21(25(22)29-23)15-18(2)20-9-6-5-7-10-20/h5-12,16-18,27H,4,13-15H2,1-3H3/b19-16-. The van der Waals surface area contributed by atoms with Gasteiger partial charge in [-0.2, -0.15) is 0 Å². The molecule has 4 heteroatoms. The van der Waals surface area contributed by atoms with Gasteiger partial charge in [0.25, 0.3) is 0 Å². The third-order valence-corrected chi connectivity index (χ3v) is 5.31. The zero-order valence-corrected chi connectivity index (χ0v) is 17.4. The Morgan fingerprint density at radius 1 is 1.17 bits per heavy atom. The molecule has 0 saturated heterocycles. The second-order valence-electron chi connectivity index (χ2n) is 7.43. The number of hydrogen-bond donors (Lipinski definition) is 1. The van der Waals surface area contributed by atoms with Crippen molar-refractivity contribution in [2.45, 2.75) is 33.1 Å². The Morgan fingerprint density at radius 2 is 1.93 bits per heavy atom. The average molecular weight is 392 g/mol. The van der Waals surface area contributed by atoms with E-state index in [1.807, 2.05) is 32.0 Å². The number of fused-ring (bicyclic) bond motifs is 1. The summed E-state index contributed by atoms with van der Waals surface area (Å²) in [7, 11) is 0. The van der Waals surface area contributed by atoms with Gasteiger partial charge in [-0.1, -0.05) is 55.5 Å². The first-order chi connectivity index (χ1) is 14.0. The molecule has 1 aromatic heterocycles. The summed E-state index contributed by atoms with van der Waals surface area (Å²) in [5, 5.41) is 10.2. The number of likely N-dealkylation sites (N-methyl/N-ethyl adjacent to an activating group) is 1. The van der Waals surface area contributed by atoms with Crippen LogP contribution in [0.3, 0.4) is 0 Å². The monoisotopic (exact) mass is 391 g/mol. The zero-order chi connectivity index (χ0) is 20.8. The van der Waals surface area contributed by atoms with Crippen LogP contribution in [0.1, 0.15) is 43.6 Å². The minimum atomic E-state index is -0.113. The predicted molar refractivity (Wildman–Crippen MR) is 118 cm³/mol. The fourth-order valence-corrected chi connectivity index (χ4v) is 3.60. The van der Waals surface area contributed by atoms with Crippen LogP contribution < -0.4 is 0 Å². The predicted octanol–water partition coefficient (Wildman–Crippen LogP) is 5.02. The van der Waals surface area contributed by atoms with Crippen molar-refractivity contribution in [1.82, 2.24) is 4.90 Å². The second kappa shape index (κ2) is 9.57. The number of para-hydroxylation sites is 1. The molecule has 0 bridgehead atoms. The summed E-state index contributed by atoms with van der Waals surface area (Å²) in [4.78, 5) is 14.0. The highest BCUT2D eigenvalue weighted by Crippen LogP contribution is 2.30. The van der Waals surface area contributed by atoms with Crippen molar-refractivity contribution in [3.63, 3.8) is 0 Å². The van der Waals surface area contributed by atoms with E-state index in [1.54, 1.807) is 11.0 Å². The molecule has 4 nitrogen and oxygen atoms in total. The Bertz CT molecular complexity index is 988. The number of nitrogens with zero attached hydrogens (tertiary/aromatic N) is 1. The number of furan rings is 1. The first-order valence-electron chi connectivity index (χ1n) is 10.2. The first-order valence-corrected chi connectivity index (χ1v) is 10.2. The molecule has 29 heavy (non-hydrogen) atoms. The summed E-state index contributed by atoms with van der Waals surface area (Å²) in [6, 6.07) is 18.7. The number of carbonyl (C=O) groups excluding carboxylic acids is 1. The van der Waals surface area contributed by atoms with E-state index in [9.17, 15) is 4.79 Å². The van der Waals surface area contributed by atoms with Crippen molar-refractivity contribution in [3.8, 4) is 0 Å². The lowest BCUT2D eigenvalue weighted by molar-refractivity contribution is -0.126. The molecule has 2 aromatic carbocycles. The van der Waals surface area contributed by atoms with E-state index in [1.165, 1.54) is 11.1 Å². The Balaban J connectivity index is 1.86. The summed E-state index contributed by atoms with van der Waals surface area (Å²) in [5.41, 5.74) is 4.14. The van der Waals surface area contributed by atoms with Gasteiger partial charge < -0.3 is 14.4 Å². The van der Waals surface area contributed by atoms with Crippen LogP contribution >= 0.6 is 0 Å². The van der Waals surface area contributed by atoms with Crippen LogP contribution in [0.15, 0.2) is 65.1 Å². The molecule has 0 fully saturated rings. The van der Waals surface area contributed by atoms with E-state index in [0.29, 0.717) is 24.8 Å². The average Bonchev–Trinajstić information content (AvgIpc) is 3.18. The van der Waals surface area contributed by atoms with Gasteiger partial charge in [0, 0.05) is 24.6 Å². The molecule has 3 rings (SSSR count). The van der Waals surface area contributed by atoms with Crippen molar-refractivity contribution in [3.05, 3.63) is 77.6 Å². The molecule has 0 spiro atoms. The van der Waals surface area contributed by atoms with Gasteiger partial charge in [0.15, 0.2) is 0 Å². The maximum atomic E-state index is 12.4. The van der Waals surface area contributed by atoms with Gasteiger partial charge >= 0.3 is 0 Å². The molecule has 0 radical (unpaired) electrons. The fraction of sp³-hybridized carbons (Fsp3) is 0.320. The highest BCUT2D eigenvalue weighted by Gasteiger charge is 2.15. The highest BCUT2D eigenvalue weighted by molar-refractivity contribution is 5.95. The number of allylic oxidation sites excluding steroid dienone is 1. The Hall–Kier alpha value is -2.85. The van der Waals surface area contributed by atoms with Gasteiger partial charge in [-0.15, -0.1) is 0 Å². The topological polar surface area (TPSA) is 53.7 Å². The van der Waals surface area contributed by atoms with E-state index in [2.05, 4.69) is 43.3 Å². The summed E-state index contributed by atoms with van der Waals surface area (Å²) < 4.78 is 6.18. The molecule has 0 aliphatic heterocycles. The van der Waals surface area contributed by atoms with E-state index in [0.717, 1.165) is 23.0 Å². The summed E-state index contributed by atoms with van der Waals surface area (Å²) in [6.45, 7) is 6.86. The smallest absolute Gasteiger partial charge is 0.247 e. The van der Waals surface area contributed by atoms with Gasteiger partial charge in [-0.25, -0.2) is 0 Å². The van der Waals surface area contributed by atoms with E-state index in [-0.39, 0.29) is 12.5 Å². The van der Waals surface area contributed by atoms with Crippen LogP contribution in [0.2, 0.25) is 0 Å². The lowest BCUT2D eigenvalue weighted by Crippen LogP contribution is -2.32. The van der Waals surface area contributed by atoms with Crippen LogP contribution in [0.25, 0.3) is 16.5 Å². The van der Waals surface area contributed by atoms with Gasteiger partial charge in [-0.05, 0) is 49.0 Å². The summed E-state index contributed by atoms with van der Waals surface area (Å²) >= 11 is 0. The molecular formula is C25H29NO3. The number of aliphatic hydroxyl groups excluding tert-OH is 1. The van der Waals surface area contributed by atoms with Crippen molar-refractivity contribution < 1.29 is 14.3 Å². The summed E-state index contributed by atoms with van der Waals surface area (Å²) in [6.07, 6.45) is 2.47. The molecule has 152 valence electrons. The maximum absolute atomic E-state index is 12.4. The molecule has 3 aromatic rings. The Kier molecular flexibility index (Phi) is 6.89. The third-order valence-electron chi connectivity index (χ3n) is 5.31. The fourth-order valence-electron chi connectivity index (χ4n) is 3.60. The molecule has 1 atom stereocenters. The van der Waals surface area contributed by atoms with Crippen molar-refractivity contribution in [1.29, 1.82) is 0 Å². The number of amides is 1. The quantitative estimate of drug-likeness (QED) is 0.548. The molecule has 0 aliphatic carbocycles. The second-order valence-corrected chi connectivity index (χ2v) is 7.43. The molecular weight excluding hydrogens is 362 g/mol. The molecule has 1 unspecified atom stereocenters. The van der Waals surface area contributed by atoms with Crippen molar-refractivity contribution in [2.24, 2.45) is 0 Å². The van der Waals surface area contributed by atoms with E-state index in [4.69, 9.17) is 9.52 Å². The number of benzene rings is 2. The minimum absolute atomic E-state index is 0.0416. The van der Waals surface area contributed by atoms with Gasteiger partial charge in [-0.3, -0.25) is 4.79 Å². The SMILES string of the molecule is CCN(CCO)C(=O)/C=C(/C)c1cc2cccc(CC(C)c3ccccc3)c2o1. The zero-order valence-electron chi connectivity index (χ0n) is 17.4. The highest BCUT2D eigenvalue weighted by atomic mass is 16.3. The molecule has 1 amide bonds. The van der Waals surface area contributed by atoms with Gasteiger partial charge in [0.1, 0.15) is 11.3 Å². The molecule has 0 saturated carbocycles. The number of aliphatic hydroxyl groups is 1. The lowest BCUT2D eigenvalue weighted by Gasteiger charge is -2.17. The van der Waals surface area contributed by atoms with Crippen LogP contribution in [0, 0.1) is 0 Å². The Labute approximate surface area is 172 Å². The molecule has 0 aliphatic rings. The minimum Gasteiger partial charge on any atom is -0.456 e. The van der Waals surface area contributed by atoms with Crippen LogP contribution in [0.4, 0.5) is 0 Å². The van der Waals surface area contributed by atoms with Crippen molar-refractivity contribution >= 4 is 22.4 Å². The maximum Gasteiger partial charge on any atom is 0.247 e. The van der Waals surface area contributed by atoms with Crippen molar-refractivity contribution in [2.75, 3.05) is 19.7 Å². The van der Waals surface area contributed by atoms with Crippen LogP contribution in [0.5, 0.6) is 0 Å². The van der Waals surface area contributed by atoms with E-state index < -0.39 is 0 Å². The lowest BCUT2D eigenvalue weighted by atomic mass is 9.93. The van der Waals surface area contributed by atoms with E-state index >= 15 is 0 Å². The largest absolute Gasteiger partial charge is 0.456 e.